The van der Waals surface area contributed by atoms with Crippen LogP contribution in [0.5, 0.6) is 0 Å². The fraction of sp³-hybridized carbons (Fsp3) is 0.333. The number of hydrogen-bond donors (Lipinski definition) is 2. The summed E-state index contributed by atoms with van der Waals surface area (Å²) in [6.07, 6.45) is 1.90. The molecule has 26 heavy (non-hydrogen) atoms. The maximum atomic E-state index is 13.7. The average Bonchev–Trinajstić information content (AvgIpc) is 2.63. The third-order valence-electron chi connectivity index (χ3n) is 4.01. The molecule has 1 aromatic carbocycles. The largest absolute Gasteiger partial charge is 0.375 e. The number of pyridine rings is 1. The number of aromatic nitrogens is 1. The van der Waals surface area contributed by atoms with Crippen LogP contribution in [0.25, 0.3) is 0 Å². The van der Waals surface area contributed by atoms with Crippen molar-refractivity contribution in [3.63, 3.8) is 0 Å². The van der Waals surface area contributed by atoms with Crippen molar-refractivity contribution in [3.8, 4) is 0 Å². The van der Waals surface area contributed by atoms with Crippen LogP contribution in [-0.4, -0.2) is 36.8 Å². The van der Waals surface area contributed by atoms with Crippen LogP contribution in [0.3, 0.4) is 0 Å². The molecule has 2 N–H and O–H groups in total. The molecule has 0 bridgehead atoms. The number of halogens is 2. The van der Waals surface area contributed by atoms with Gasteiger partial charge in [0.15, 0.2) is 0 Å². The lowest BCUT2D eigenvalue weighted by Crippen LogP contribution is -2.41. The SMILES string of the molecule is CC1CN(c2ccc(CNC(=O)Nc3ccc(Cl)cc3F)cn2)CCO1. The Labute approximate surface area is 156 Å². The molecule has 1 fully saturated rings. The lowest BCUT2D eigenvalue weighted by Gasteiger charge is -2.32. The van der Waals surface area contributed by atoms with Crippen LogP contribution in [0.1, 0.15) is 12.5 Å². The summed E-state index contributed by atoms with van der Waals surface area (Å²) < 4.78 is 19.2. The number of amides is 2. The predicted octanol–water partition coefficient (Wildman–Crippen LogP) is 3.42. The summed E-state index contributed by atoms with van der Waals surface area (Å²) in [5.41, 5.74) is 0.920. The number of carbonyl (C=O) groups excluding carboxylic acids is 1. The van der Waals surface area contributed by atoms with Gasteiger partial charge in [-0.1, -0.05) is 17.7 Å². The third-order valence-corrected chi connectivity index (χ3v) is 4.24. The van der Waals surface area contributed by atoms with Crippen LogP contribution in [0.15, 0.2) is 36.5 Å². The molecule has 138 valence electrons. The summed E-state index contributed by atoms with van der Waals surface area (Å²) in [4.78, 5) is 18.5. The maximum absolute atomic E-state index is 13.7. The molecule has 1 saturated heterocycles. The van der Waals surface area contributed by atoms with E-state index in [0.717, 1.165) is 30.5 Å². The van der Waals surface area contributed by atoms with Crippen LogP contribution in [0, 0.1) is 5.82 Å². The van der Waals surface area contributed by atoms with Gasteiger partial charge in [0.2, 0.25) is 0 Å². The second-order valence-corrected chi connectivity index (χ2v) is 6.52. The van der Waals surface area contributed by atoms with E-state index in [9.17, 15) is 9.18 Å². The van der Waals surface area contributed by atoms with Crippen LogP contribution < -0.4 is 15.5 Å². The highest BCUT2D eigenvalue weighted by Gasteiger charge is 2.17. The normalized spacial score (nSPS) is 17.0. The first-order valence-electron chi connectivity index (χ1n) is 8.32. The molecular weight excluding hydrogens is 359 g/mol. The zero-order chi connectivity index (χ0) is 18.5. The molecule has 1 aromatic heterocycles. The van der Waals surface area contributed by atoms with Crippen molar-refractivity contribution in [1.29, 1.82) is 0 Å². The Kier molecular flexibility index (Phi) is 5.90. The molecule has 2 amide bonds. The third kappa shape index (κ3) is 4.83. The number of rotatable bonds is 4. The monoisotopic (exact) mass is 378 g/mol. The number of morpholine rings is 1. The molecule has 2 heterocycles. The van der Waals surface area contributed by atoms with Gasteiger partial charge >= 0.3 is 6.03 Å². The fourth-order valence-electron chi connectivity index (χ4n) is 2.67. The van der Waals surface area contributed by atoms with Crippen LogP contribution in [0.2, 0.25) is 5.02 Å². The molecule has 2 aromatic rings. The first-order valence-corrected chi connectivity index (χ1v) is 8.70. The van der Waals surface area contributed by atoms with Crippen molar-refractivity contribution < 1.29 is 13.9 Å². The van der Waals surface area contributed by atoms with Gasteiger partial charge in [-0.25, -0.2) is 14.2 Å². The second-order valence-electron chi connectivity index (χ2n) is 6.08. The van der Waals surface area contributed by atoms with E-state index in [0.29, 0.717) is 6.61 Å². The van der Waals surface area contributed by atoms with Gasteiger partial charge in [0.05, 0.1) is 18.4 Å². The van der Waals surface area contributed by atoms with Crippen LogP contribution in [-0.2, 0) is 11.3 Å². The summed E-state index contributed by atoms with van der Waals surface area (Å²) in [6.45, 7) is 4.62. The zero-order valence-electron chi connectivity index (χ0n) is 14.3. The van der Waals surface area contributed by atoms with E-state index in [1.165, 1.54) is 12.1 Å². The van der Waals surface area contributed by atoms with Crippen molar-refractivity contribution in [2.45, 2.75) is 19.6 Å². The first kappa shape index (κ1) is 18.4. The number of urea groups is 1. The minimum Gasteiger partial charge on any atom is -0.375 e. The molecule has 0 aliphatic carbocycles. The minimum atomic E-state index is -0.585. The molecule has 0 radical (unpaired) electrons. The van der Waals surface area contributed by atoms with Gasteiger partial charge in [0.25, 0.3) is 0 Å². The van der Waals surface area contributed by atoms with Crippen molar-refractivity contribution in [1.82, 2.24) is 10.3 Å². The lowest BCUT2D eigenvalue weighted by molar-refractivity contribution is 0.0529. The molecule has 1 unspecified atom stereocenters. The highest BCUT2D eigenvalue weighted by atomic mass is 35.5. The van der Waals surface area contributed by atoms with E-state index in [1.807, 2.05) is 19.1 Å². The number of benzene rings is 1. The van der Waals surface area contributed by atoms with Gasteiger partial charge < -0.3 is 20.3 Å². The van der Waals surface area contributed by atoms with Crippen molar-refractivity contribution in [2.75, 3.05) is 29.9 Å². The number of nitrogens with one attached hydrogen (secondary N) is 2. The van der Waals surface area contributed by atoms with E-state index in [2.05, 4.69) is 20.5 Å². The molecule has 1 aliphatic rings. The molecule has 1 atom stereocenters. The summed E-state index contributed by atoms with van der Waals surface area (Å²) in [6, 6.07) is 7.40. The summed E-state index contributed by atoms with van der Waals surface area (Å²) in [7, 11) is 0. The predicted molar refractivity (Wildman–Crippen MR) is 99.1 cm³/mol. The number of anilines is 2. The minimum absolute atomic E-state index is 0.0711. The Morgan fingerprint density at radius 3 is 2.96 bits per heavy atom. The highest BCUT2D eigenvalue weighted by molar-refractivity contribution is 6.30. The number of ether oxygens (including phenoxy) is 1. The van der Waals surface area contributed by atoms with Crippen molar-refractivity contribution in [2.24, 2.45) is 0 Å². The smallest absolute Gasteiger partial charge is 0.319 e. The fourth-order valence-corrected chi connectivity index (χ4v) is 2.83. The summed E-state index contributed by atoms with van der Waals surface area (Å²) in [5, 5.41) is 5.39. The maximum Gasteiger partial charge on any atom is 0.319 e. The summed E-state index contributed by atoms with van der Waals surface area (Å²) >= 11 is 5.69. The topological polar surface area (TPSA) is 66.5 Å². The molecule has 0 spiro atoms. The van der Waals surface area contributed by atoms with Gasteiger partial charge in [0.1, 0.15) is 11.6 Å². The zero-order valence-corrected chi connectivity index (χ0v) is 15.1. The quantitative estimate of drug-likeness (QED) is 0.855. The number of carbonyl (C=O) groups is 1. The Morgan fingerprint density at radius 1 is 1.42 bits per heavy atom. The molecular formula is C18H20ClFN4O2. The molecule has 0 saturated carbocycles. The Hall–Kier alpha value is -2.38. The highest BCUT2D eigenvalue weighted by Crippen LogP contribution is 2.19. The standard InChI is InChI=1S/C18H20ClFN4O2/c1-12-11-24(6-7-26-12)17-5-2-13(9-21-17)10-22-18(25)23-16-4-3-14(19)8-15(16)20/h2-5,8-9,12H,6-7,10-11H2,1H3,(H2,22,23,25). The van der Waals surface area contributed by atoms with E-state index in [4.69, 9.17) is 16.3 Å². The summed E-state index contributed by atoms with van der Waals surface area (Å²) in [5.74, 6) is 0.301. The van der Waals surface area contributed by atoms with Gasteiger partial charge in [-0.3, -0.25) is 0 Å². The average molecular weight is 379 g/mol. The van der Waals surface area contributed by atoms with Gasteiger partial charge in [-0.05, 0) is 36.8 Å². The lowest BCUT2D eigenvalue weighted by atomic mass is 10.2. The second kappa shape index (κ2) is 8.33. The van der Waals surface area contributed by atoms with Gasteiger partial charge in [0, 0.05) is 30.9 Å². The van der Waals surface area contributed by atoms with E-state index >= 15 is 0 Å². The Morgan fingerprint density at radius 2 is 2.27 bits per heavy atom. The molecule has 1 aliphatic heterocycles. The molecule has 6 nitrogen and oxygen atoms in total. The van der Waals surface area contributed by atoms with Crippen LogP contribution in [0.4, 0.5) is 20.7 Å². The molecule has 3 rings (SSSR count). The van der Waals surface area contributed by atoms with Crippen molar-refractivity contribution in [3.05, 3.63) is 52.9 Å². The number of nitrogens with zero attached hydrogens (tertiary/aromatic N) is 2. The Bertz CT molecular complexity index is 772. The molecule has 8 heteroatoms. The van der Waals surface area contributed by atoms with E-state index in [-0.39, 0.29) is 23.4 Å². The Balaban J connectivity index is 1.52. The van der Waals surface area contributed by atoms with Crippen molar-refractivity contribution >= 4 is 29.1 Å². The first-order chi connectivity index (χ1) is 12.5. The van der Waals surface area contributed by atoms with Crippen LogP contribution >= 0.6 is 11.6 Å². The van der Waals surface area contributed by atoms with Gasteiger partial charge in [-0.15, -0.1) is 0 Å². The van der Waals surface area contributed by atoms with E-state index in [1.54, 1.807) is 6.20 Å². The number of hydrogen-bond acceptors (Lipinski definition) is 4. The van der Waals surface area contributed by atoms with Gasteiger partial charge in [-0.2, -0.15) is 0 Å². The van der Waals surface area contributed by atoms with E-state index < -0.39 is 11.8 Å².